The zero-order valence-corrected chi connectivity index (χ0v) is 12.0. The Labute approximate surface area is 115 Å². The lowest BCUT2D eigenvalue weighted by Crippen LogP contribution is -2.31. The molecule has 3 rings (SSSR count). The van der Waals surface area contributed by atoms with Gasteiger partial charge < -0.3 is 4.90 Å². The summed E-state index contributed by atoms with van der Waals surface area (Å²) in [6.07, 6.45) is 7.54. The molecule has 0 spiro atoms. The van der Waals surface area contributed by atoms with Crippen LogP contribution in [0.25, 0.3) is 0 Å². The maximum absolute atomic E-state index is 12.4. The highest BCUT2D eigenvalue weighted by atomic mass is 35.5. The predicted octanol–water partition coefficient (Wildman–Crippen LogP) is 3.15. The van der Waals surface area contributed by atoms with Crippen LogP contribution in [0.4, 0.5) is 0 Å². The molecule has 102 valence electrons. The molecule has 0 aromatic carbocycles. The molecule has 3 heteroatoms. The Morgan fingerprint density at radius 1 is 1.17 bits per heavy atom. The van der Waals surface area contributed by atoms with Crippen molar-refractivity contribution in [2.75, 3.05) is 19.5 Å². The zero-order valence-electron chi connectivity index (χ0n) is 11.3. The number of fused-ring (bicyclic) bond motifs is 5. The van der Waals surface area contributed by atoms with Gasteiger partial charge in [0.05, 0.1) is 0 Å². The number of carbonyl (C=O) groups is 1. The summed E-state index contributed by atoms with van der Waals surface area (Å²) in [5.74, 6) is 4.95. The van der Waals surface area contributed by atoms with Gasteiger partial charge in [0.1, 0.15) is 0 Å². The third-order valence-corrected chi connectivity index (χ3v) is 5.79. The van der Waals surface area contributed by atoms with E-state index in [0.717, 1.165) is 55.4 Å². The Morgan fingerprint density at radius 3 is 2.44 bits per heavy atom. The zero-order chi connectivity index (χ0) is 12.7. The highest BCUT2D eigenvalue weighted by Gasteiger charge is 2.67. The third-order valence-electron chi connectivity index (χ3n) is 5.52. The highest BCUT2D eigenvalue weighted by molar-refractivity contribution is 6.17. The van der Waals surface area contributed by atoms with Crippen LogP contribution >= 0.6 is 11.6 Å². The number of carbonyl (C=O) groups excluding carboxylic acids is 1. The van der Waals surface area contributed by atoms with Crippen LogP contribution < -0.4 is 0 Å². The van der Waals surface area contributed by atoms with Crippen molar-refractivity contribution in [3.05, 3.63) is 0 Å². The van der Waals surface area contributed by atoms with E-state index in [9.17, 15) is 4.79 Å². The quantitative estimate of drug-likeness (QED) is 0.536. The van der Waals surface area contributed by atoms with Gasteiger partial charge in [-0.1, -0.05) is 6.42 Å². The van der Waals surface area contributed by atoms with Gasteiger partial charge in [0, 0.05) is 25.4 Å². The van der Waals surface area contributed by atoms with Crippen molar-refractivity contribution in [3.8, 4) is 0 Å². The van der Waals surface area contributed by atoms with Gasteiger partial charge in [-0.2, -0.15) is 0 Å². The average Bonchev–Trinajstić information content (AvgIpc) is 2.81. The second kappa shape index (κ2) is 5.03. The summed E-state index contributed by atoms with van der Waals surface area (Å²) in [5, 5.41) is 0. The molecule has 3 saturated carbocycles. The summed E-state index contributed by atoms with van der Waals surface area (Å²) >= 11 is 5.66. The van der Waals surface area contributed by atoms with Gasteiger partial charge in [-0.15, -0.1) is 11.6 Å². The number of rotatable bonds is 6. The number of nitrogens with zero attached hydrogens (tertiary/aromatic N) is 1. The number of hydrogen-bond acceptors (Lipinski definition) is 1. The summed E-state index contributed by atoms with van der Waals surface area (Å²) in [6.45, 7) is 0.918. The second-order valence-corrected chi connectivity index (χ2v) is 6.90. The normalized spacial score (nSPS) is 39.8. The van der Waals surface area contributed by atoms with Crippen molar-refractivity contribution in [2.24, 2.45) is 29.6 Å². The van der Waals surface area contributed by atoms with Crippen LogP contribution in [0.15, 0.2) is 0 Å². The molecule has 0 saturated heterocycles. The van der Waals surface area contributed by atoms with Gasteiger partial charge in [0.25, 0.3) is 0 Å². The summed E-state index contributed by atoms with van der Waals surface area (Å²) in [7, 11) is 1.99. The predicted molar refractivity (Wildman–Crippen MR) is 73.5 cm³/mol. The number of hydrogen-bond donors (Lipinski definition) is 0. The van der Waals surface area contributed by atoms with Crippen molar-refractivity contribution in [1.82, 2.24) is 4.90 Å². The Kier molecular flexibility index (Phi) is 3.57. The Hall–Kier alpha value is -0.240. The van der Waals surface area contributed by atoms with Crippen LogP contribution in [-0.4, -0.2) is 30.3 Å². The monoisotopic (exact) mass is 269 g/mol. The molecule has 4 atom stereocenters. The largest absolute Gasteiger partial charge is 0.346 e. The van der Waals surface area contributed by atoms with Gasteiger partial charge in [0.2, 0.25) is 5.91 Å². The summed E-state index contributed by atoms with van der Waals surface area (Å²) in [6, 6.07) is 0. The Morgan fingerprint density at radius 2 is 1.83 bits per heavy atom. The number of amides is 1. The molecule has 2 bridgehead atoms. The van der Waals surface area contributed by atoms with Crippen molar-refractivity contribution in [2.45, 2.75) is 38.5 Å². The molecular weight excluding hydrogens is 246 g/mol. The summed E-state index contributed by atoms with van der Waals surface area (Å²) in [5.41, 5.74) is 0. The molecule has 0 aliphatic heterocycles. The fourth-order valence-corrected chi connectivity index (χ4v) is 4.83. The number of alkyl halides is 1. The van der Waals surface area contributed by atoms with Crippen molar-refractivity contribution < 1.29 is 4.79 Å². The first kappa shape index (κ1) is 12.8. The second-order valence-electron chi connectivity index (χ2n) is 6.52. The van der Waals surface area contributed by atoms with E-state index in [-0.39, 0.29) is 0 Å². The lowest BCUT2D eigenvalue weighted by Gasteiger charge is -2.19. The van der Waals surface area contributed by atoms with Gasteiger partial charge >= 0.3 is 0 Å². The topological polar surface area (TPSA) is 20.3 Å². The van der Waals surface area contributed by atoms with Crippen LogP contribution in [0.1, 0.15) is 38.5 Å². The standard InChI is InChI=1S/C15H24ClNO/c1-17(8-4-2-3-7-16)15(18)14-12-10-5-6-11(9-10)13(12)14/h10-14H,2-9H2,1H3. The molecule has 18 heavy (non-hydrogen) atoms. The van der Waals surface area contributed by atoms with Crippen LogP contribution in [0.5, 0.6) is 0 Å². The van der Waals surface area contributed by atoms with E-state index in [1.54, 1.807) is 0 Å². The van der Waals surface area contributed by atoms with E-state index in [4.69, 9.17) is 11.6 Å². The number of halogens is 1. The molecule has 0 heterocycles. The van der Waals surface area contributed by atoms with E-state index in [0.29, 0.717) is 11.8 Å². The third kappa shape index (κ3) is 2.07. The molecule has 0 aromatic rings. The molecule has 3 aliphatic rings. The van der Waals surface area contributed by atoms with Crippen LogP contribution in [0, 0.1) is 29.6 Å². The van der Waals surface area contributed by atoms with Crippen molar-refractivity contribution in [3.63, 3.8) is 0 Å². The molecule has 3 aliphatic carbocycles. The average molecular weight is 270 g/mol. The fraction of sp³-hybridized carbons (Fsp3) is 0.933. The summed E-state index contributed by atoms with van der Waals surface area (Å²) < 4.78 is 0. The molecule has 3 fully saturated rings. The SMILES string of the molecule is CN(CCCCCCl)C(=O)C1C2C3CCC(C3)C12. The van der Waals surface area contributed by atoms with Crippen LogP contribution in [-0.2, 0) is 4.79 Å². The molecule has 0 N–H and O–H groups in total. The van der Waals surface area contributed by atoms with Crippen LogP contribution in [0.3, 0.4) is 0 Å². The molecule has 2 nitrogen and oxygen atoms in total. The van der Waals surface area contributed by atoms with E-state index >= 15 is 0 Å². The molecule has 4 unspecified atom stereocenters. The maximum Gasteiger partial charge on any atom is 0.226 e. The lowest BCUT2D eigenvalue weighted by molar-refractivity contribution is -0.132. The lowest BCUT2D eigenvalue weighted by atomic mass is 10.0. The highest BCUT2D eigenvalue weighted by Crippen LogP contribution is 2.69. The van der Waals surface area contributed by atoms with Crippen LogP contribution in [0.2, 0.25) is 0 Å². The maximum atomic E-state index is 12.4. The minimum atomic E-state index is 0.411. The minimum Gasteiger partial charge on any atom is -0.346 e. The first-order valence-corrected chi connectivity index (χ1v) is 8.08. The minimum absolute atomic E-state index is 0.411. The molecule has 0 radical (unpaired) electrons. The fourth-order valence-electron chi connectivity index (χ4n) is 4.64. The van der Waals surface area contributed by atoms with E-state index < -0.39 is 0 Å². The molecule has 0 aromatic heterocycles. The molecular formula is C15H24ClNO. The van der Waals surface area contributed by atoms with Gasteiger partial charge in [-0.3, -0.25) is 4.79 Å². The van der Waals surface area contributed by atoms with Crippen molar-refractivity contribution in [1.29, 1.82) is 0 Å². The Balaban J connectivity index is 1.45. The number of unbranched alkanes of at least 4 members (excludes halogenated alkanes) is 2. The first-order valence-electron chi connectivity index (χ1n) is 7.55. The molecule has 1 amide bonds. The van der Waals surface area contributed by atoms with Crippen molar-refractivity contribution >= 4 is 17.5 Å². The van der Waals surface area contributed by atoms with E-state index in [1.165, 1.54) is 19.3 Å². The summed E-state index contributed by atoms with van der Waals surface area (Å²) in [4.78, 5) is 14.4. The first-order chi connectivity index (χ1) is 8.74. The van der Waals surface area contributed by atoms with Gasteiger partial charge in [-0.05, 0) is 55.8 Å². The van der Waals surface area contributed by atoms with E-state index in [1.807, 2.05) is 11.9 Å². The van der Waals surface area contributed by atoms with Gasteiger partial charge in [0.15, 0.2) is 0 Å². The smallest absolute Gasteiger partial charge is 0.226 e. The van der Waals surface area contributed by atoms with Gasteiger partial charge in [-0.25, -0.2) is 0 Å². The van der Waals surface area contributed by atoms with E-state index in [2.05, 4.69) is 0 Å². The Bertz CT molecular complexity index is 316.